The topological polar surface area (TPSA) is 67.2 Å². The van der Waals surface area contributed by atoms with Crippen LogP contribution >= 0.6 is 15.9 Å². The van der Waals surface area contributed by atoms with Crippen LogP contribution in [0.1, 0.15) is 13.3 Å². The Bertz CT molecular complexity index is 789. The third kappa shape index (κ3) is 3.45. The van der Waals surface area contributed by atoms with Gasteiger partial charge in [-0.25, -0.2) is 4.98 Å². The minimum Gasteiger partial charge on any atom is -0.337 e. The van der Waals surface area contributed by atoms with Gasteiger partial charge in [0.25, 0.3) is 5.56 Å². The molecule has 23 heavy (non-hydrogen) atoms. The van der Waals surface area contributed by atoms with Gasteiger partial charge in [0.05, 0.1) is 17.2 Å². The minimum atomic E-state index is -0.113. The standard InChI is InChI=1S/C16H19BrN4O2/c1-11-9-18-5-7-21(11)15(22)4-6-20-10-19-14-3-2-12(17)8-13(14)16(20)23/h2-3,8,10-11,18H,4-7,9H2,1H3/t11-/m1/s1. The monoisotopic (exact) mass is 378 g/mol. The molecule has 1 atom stereocenters. The molecule has 1 saturated heterocycles. The van der Waals surface area contributed by atoms with E-state index in [2.05, 4.69) is 26.2 Å². The van der Waals surface area contributed by atoms with Crippen molar-refractivity contribution in [2.75, 3.05) is 19.6 Å². The molecule has 0 radical (unpaired) electrons. The van der Waals surface area contributed by atoms with Crippen LogP contribution in [-0.4, -0.2) is 46.0 Å². The van der Waals surface area contributed by atoms with Gasteiger partial charge in [0.15, 0.2) is 0 Å². The van der Waals surface area contributed by atoms with E-state index in [0.717, 1.165) is 24.1 Å². The predicted octanol–water partition coefficient (Wildman–Crippen LogP) is 1.37. The van der Waals surface area contributed by atoms with E-state index in [4.69, 9.17) is 0 Å². The molecule has 0 spiro atoms. The molecule has 0 saturated carbocycles. The van der Waals surface area contributed by atoms with Crippen LogP contribution in [0.3, 0.4) is 0 Å². The highest BCUT2D eigenvalue weighted by Crippen LogP contribution is 2.15. The smallest absolute Gasteiger partial charge is 0.261 e. The van der Waals surface area contributed by atoms with Crippen LogP contribution in [0.4, 0.5) is 0 Å². The number of aryl methyl sites for hydroxylation is 1. The van der Waals surface area contributed by atoms with Crippen LogP contribution in [0.2, 0.25) is 0 Å². The van der Waals surface area contributed by atoms with E-state index in [1.807, 2.05) is 17.9 Å². The van der Waals surface area contributed by atoms with E-state index in [1.54, 1.807) is 12.1 Å². The first-order valence-electron chi connectivity index (χ1n) is 7.71. The molecule has 1 N–H and O–H groups in total. The molecule has 1 amide bonds. The summed E-state index contributed by atoms with van der Waals surface area (Å²) in [5.74, 6) is 0.0836. The molecular formula is C16H19BrN4O2. The van der Waals surface area contributed by atoms with Crippen LogP contribution < -0.4 is 10.9 Å². The van der Waals surface area contributed by atoms with E-state index in [9.17, 15) is 9.59 Å². The zero-order chi connectivity index (χ0) is 16.4. The summed E-state index contributed by atoms with van der Waals surface area (Å²) >= 11 is 3.37. The first-order valence-corrected chi connectivity index (χ1v) is 8.50. The maximum Gasteiger partial charge on any atom is 0.261 e. The average Bonchev–Trinajstić information content (AvgIpc) is 2.55. The maximum atomic E-state index is 12.5. The summed E-state index contributed by atoms with van der Waals surface area (Å²) < 4.78 is 2.35. The summed E-state index contributed by atoms with van der Waals surface area (Å²) in [7, 11) is 0. The molecule has 1 aliphatic heterocycles. The maximum absolute atomic E-state index is 12.5. The fraction of sp³-hybridized carbons (Fsp3) is 0.438. The van der Waals surface area contributed by atoms with Crippen LogP contribution in [-0.2, 0) is 11.3 Å². The summed E-state index contributed by atoms with van der Waals surface area (Å²) in [6.07, 6.45) is 1.83. The highest BCUT2D eigenvalue weighted by Gasteiger charge is 2.22. The van der Waals surface area contributed by atoms with Crippen molar-refractivity contribution in [2.45, 2.75) is 25.9 Å². The number of nitrogens with zero attached hydrogens (tertiary/aromatic N) is 3. The summed E-state index contributed by atoms with van der Waals surface area (Å²) in [6.45, 7) is 4.74. The number of carbonyl (C=O) groups is 1. The molecule has 0 aliphatic carbocycles. The Morgan fingerprint density at radius 1 is 1.48 bits per heavy atom. The second-order valence-electron chi connectivity index (χ2n) is 5.79. The summed E-state index contributed by atoms with van der Waals surface area (Å²) in [6, 6.07) is 5.62. The molecule has 1 fully saturated rings. The lowest BCUT2D eigenvalue weighted by Crippen LogP contribution is -2.52. The molecule has 7 heteroatoms. The van der Waals surface area contributed by atoms with Gasteiger partial charge >= 0.3 is 0 Å². The van der Waals surface area contributed by atoms with Crippen LogP contribution in [0.15, 0.2) is 33.8 Å². The lowest BCUT2D eigenvalue weighted by atomic mass is 10.2. The van der Waals surface area contributed by atoms with Crippen molar-refractivity contribution in [1.82, 2.24) is 19.8 Å². The van der Waals surface area contributed by atoms with Gasteiger partial charge in [-0.15, -0.1) is 0 Å². The number of rotatable bonds is 3. The Morgan fingerprint density at radius 3 is 3.09 bits per heavy atom. The third-order valence-corrected chi connectivity index (χ3v) is 4.67. The molecular weight excluding hydrogens is 360 g/mol. The third-order valence-electron chi connectivity index (χ3n) is 4.17. The number of amides is 1. The predicted molar refractivity (Wildman–Crippen MR) is 92.4 cm³/mol. The normalized spacial score (nSPS) is 18.3. The van der Waals surface area contributed by atoms with Crippen LogP contribution in [0.25, 0.3) is 10.9 Å². The largest absolute Gasteiger partial charge is 0.337 e. The fourth-order valence-corrected chi connectivity index (χ4v) is 3.22. The molecule has 2 aromatic rings. The van der Waals surface area contributed by atoms with Gasteiger partial charge in [0.2, 0.25) is 5.91 Å². The number of aromatic nitrogens is 2. The molecule has 2 heterocycles. The van der Waals surface area contributed by atoms with E-state index < -0.39 is 0 Å². The average molecular weight is 379 g/mol. The van der Waals surface area contributed by atoms with Crippen molar-refractivity contribution in [1.29, 1.82) is 0 Å². The summed E-state index contributed by atoms with van der Waals surface area (Å²) in [4.78, 5) is 31.0. The molecule has 0 unspecified atom stereocenters. The van der Waals surface area contributed by atoms with Gasteiger partial charge in [-0.2, -0.15) is 0 Å². The Hall–Kier alpha value is -1.73. The van der Waals surface area contributed by atoms with Crippen LogP contribution in [0, 0.1) is 0 Å². The molecule has 3 rings (SSSR count). The van der Waals surface area contributed by atoms with Crippen molar-refractivity contribution < 1.29 is 4.79 Å². The number of piperazine rings is 1. The Morgan fingerprint density at radius 2 is 2.30 bits per heavy atom. The number of nitrogens with one attached hydrogen (secondary N) is 1. The molecule has 6 nitrogen and oxygen atoms in total. The minimum absolute atomic E-state index is 0.0836. The summed E-state index contributed by atoms with van der Waals surface area (Å²) in [5.41, 5.74) is 0.550. The number of hydrogen-bond donors (Lipinski definition) is 1. The van der Waals surface area contributed by atoms with Crippen molar-refractivity contribution in [3.8, 4) is 0 Å². The van der Waals surface area contributed by atoms with E-state index in [1.165, 1.54) is 10.9 Å². The lowest BCUT2D eigenvalue weighted by molar-refractivity contribution is -0.134. The first kappa shape index (κ1) is 16.1. The van der Waals surface area contributed by atoms with Crippen LogP contribution in [0.5, 0.6) is 0 Å². The number of benzene rings is 1. The van der Waals surface area contributed by atoms with Gasteiger partial charge in [-0.1, -0.05) is 15.9 Å². The molecule has 0 bridgehead atoms. The van der Waals surface area contributed by atoms with Crippen molar-refractivity contribution >= 4 is 32.7 Å². The molecule has 1 aliphatic rings. The highest BCUT2D eigenvalue weighted by atomic mass is 79.9. The molecule has 1 aromatic carbocycles. The highest BCUT2D eigenvalue weighted by molar-refractivity contribution is 9.10. The van der Waals surface area contributed by atoms with Gasteiger partial charge in [0.1, 0.15) is 0 Å². The van der Waals surface area contributed by atoms with E-state index >= 15 is 0 Å². The zero-order valence-electron chi connectivity index (χ0n) is 13.0. The molecule has 122 valence electrons. The quantitative estimate of drug-likeness (QED) is 0.875. The van der Waals surface area contributed by atoms with Gasteiger partial charge in [-0.05, 0) is 25.1 Å². The molecule has 1 aromatic heterocycles. The second-order valence-corrected chi connectivity index (χ2v) is 6.71. The Labute approximate surface area is 142 Å². The van der Waals surface area contributed by atoms with E-state index in [-0.39, 0.29) is 17.5 Å². The van der Waals surface area contributed by atoms with Crippen molar-refractivity contribution in [2.24, 2.45) is 0 Å². The Balaban J connectivity index is 1.75. The van der Waals surface area contributed by atoms with Crippen molar-refractivity contribution in [3.63, 3.8) is 0 Å². The second kappa shape index (κ2) is 6.80. The van der Waals surface area contributed by atoms with Gasteiger partial charge < -0.3 is 10.2 Å². The zero-order valence-corrected chi connectivity index (χ0v) is 14.5. The van der Waals surface area contributed by atoms with Gasteiger partial charge in [-0.3, -0.25) is 14.2 Å². The summed E-state index contributed by atoms with van der Waals surface area (Å²) in [5, 5.41) is 3.82. The number of carbonyl (C=O) groups excluding carboxylic acids is 1. The Kier molecular flexibility index (Phi) is 4.77. The number of fused-ring (bicyclic) bond motifs is 1. The SMILES string of the molecule is C[C@@H]1CNCCN1C(=O)CCn1cnc2ccc(Br)cc2c1=O. The number of hydrogen-bond acceptors (Lipinski definition) is 4. The number of halogens is 1. The lowest BCUT2D eigenvalue weighted by Gasteiger charge is -2.34. The fourth-order valence-electron chi connectivity index (χ4n) is 2.86. The van der Waals surface area contributed by atoms with Gasteiger partial charge in [0, 0.05) is 43.1 Å². The van der Waals surface area contributed by atoms with Crippen molar-refractivity contribution in [3.05, 3.63) is 39.4 Å². The first-order chi connectivity index (χ1) is 11.1. The van der Waals surface area contributed by atoms with E-state index in [0.29, 0.717) is 23.9 Å².